The second-order valence-corrected chi connectivity index (χ2v) is 7.20. The van der Waals surface area contributed by atoms with E-state index in [1.165, 1.54) is 6.07 Å². The quantitative estimate of drug-likeness (QED) is 0.841. The van der Waals surface area contributed by atoms with Gasteiger partial charge in [0.05, 0.1) is 11.7 Å². The summed E-state index contributed by atoms with van der Waals surface area (Å²) in [5, 5.41) is 4.58. The highest BCUT2D eigenvalue weighted by Gasteiger charge is 2.30. The minimum Gasteiger partial charge on any atom is -0.330 e. The largest absolute Gasteiger partial charge is 0.330 e. The summed E-state index contributed by atoms with van der Waals surface area (Å²) in [6.07, 6.45) is 1.61. The van der Waals surface area contributed by atoms with Gasteiger partial charge in [0.15, 0.2) is 0 Å². The van der Waals surface area contributed by atoms with Crippen LogP contribution in [0.2, 0.25) is 0 Å². The Labute approximate surface area is 148 Å². The molecule has 0 fully saturated rings. The Morgan fingerprint density at radius 1 is 1.36 bits per heavy atom. The molecule has 134 valence electrons. The number of benzene rings is 1. The van der Waals surface area contributed by atoms with Crippen LogP contribution in [0, 0.1) is 11.7 Å². The first-order valence-corrected chi connectivity index (χ1v) is 9.06. The predicted molar refractivity (Wildman–Crippen MR) is 96.0 cm³/mol. The number of hydrogen-bond donors (Lipinski definition) is 0. The fraction of sp³-hybridized carbons (Fsp3) is 0.500. The molecule has 0 bridgehead atoms. The molecular weight excluding hydrogens is 317 g/mol. The summed E-state index contributed by atoms with van der Waals surface area (Å²) in [6.45, 7) is 9.55. The second kappa shape index (κ2) is 6.98. The molecule has 4 nitrogen and oxygen atoms in total. The number of aryl methyl sites for hydroxylation is 1. The number of amides is 1. The molecule has 1 aliphatic heterocycles. The first kappa shape index (κ1) is 17.6. The van der Waals surface area contributed by atoms with E-state index in [2.05, 4.69) is 18.9 Å². The number of carbonyl (C=O) groups excluding carboxylic acids is 1. The van der Waals surface area contributed by atoms with Gasteiger partial charge in [-0.15, -0.1) is 0 Å². The average molecular weight is 343 g/mol. The summed E-state index contributed by atoms with van der Waals surface area (Å²) in [5.41, 5.74) is 3.62. The fourth-order valence-corrected chi connectivity index (χ4v) is 3.61. The van der Waals surface area contributed by atoms with Crippen molar-refractivity contribution in [1.82, 2.24) is 14.7 Å². The smallest absolute Gasteiger partial charge is 0.272 e. The molecule has 0 N–H and O–H groups in total. The molecule has 2 heterocycles. The molecule has 0 aliphatic carbocycles. The summed E-state index contributed by atoms with van der Waals surface area (Å²) < 4.78 is 15.4. The Kier molecular flexibility index (Phi) is 4.93. The normalized spacial score (nSPS) is 17.0. The highest BCUT2D eigenvalue weighted by Crippen LogP contribution is 2.31. The molecule has 1 aliphatic rings. The van der Waals surface area contributed by atoms with Gasteiger partial charge in [-0.25, -0.2) is 4.39 Å². The van der Waals surface area contributed by atoms with Crippen LogP contribution in [0.4, 0.5) is 4.39 Å². The lowest BCUT2D eigenvalue weighted by molar-refractivity contribution is 0.0664. The van der Waals surface area contributed by atoms with E-state index in [1.54, 1.807) is 10.7 Å². The van der Waals surface area contributed by atoms with Crippen LogP contribution in [0.15, 0.2) is 24.3 Å². The van der Waals surface area contributed by atoms with Gasteiger partial charge >= 0.3 is 0 Å². The first-order valence-electron chi connectivity index (χ1n) is 9.06. The number of fused-ring (bicyclic) bond motifs is 1. The zero-order valence-electron chi connectivity index (χ0n) is 15.4. The molecule has 1 amide bonds. The van der Waals surface area contributed by atoms with Crippen LogP contribution in [0.25, 0.3) is 0 Å². The van der Waals surface area contributed by atoms with Crippen LogP contribution in [0.5, 0.6) is 0 Å². The van der Waals surface area contributed by atoms with Crippen LogP contribution in [-0.2, 0) is 19.4 Å². The number of nitrogens with zero attached hydrogens (tertiary/aromatic N) is 3. The standard InChI is InChI=1S/C20H26FN3O/c1-5-24-19(12-17(22-24)10-13(2)3)20(25)23-9-8-15-6-7-16(21)11-18(15)14(23)4/h6-7,11-14H,5,8-10H2,1-4H3/t14-/m1/s1. The lowest BCUT2D eigenvalue weighted by Gasteiger charge is -2.35. The Hall–Kier alpha value is -2.17. The van der Waals surface area contributed by atoms with E-state index in [9.17, 15) is 9.18 Å². The maximum absolute atomic E-state index is 13.6. The van der Waals surface area contributed by atoms with Crippen molar-refractivity contribution in [2.24, 2.45) is 5.92 Å². The van der Waals surface area contributed by atoms with E-state index in [1.807, 2.05) is 30.9 Å². The van der Waals surface area contributed by atoms with Crippen LogP contribution >= 0.6 is 0 Å². The van der Waals surface area contributed by atoms with Crippen molar-refractivity contribution in [3.63, 3.8) is 0 Å². The third kappa shape index (κ3) is 3.46. The topological polar surface area (TPSA) is 38.1 Å². The molecule has 1 aromatic heterocycles. The van der Waals surface area contributed by atoms with E-state index < -0.39 is 0 Å². The Balaban J connectivity index is 1.90. The number of rotatable bonds is 4. The van der Waals surface area contributed by atoms with Crippen molar-refractivity contribution in [2.75, 3.05) is 6.54 Å². The Bertz CT molecular complexity index is 781. The third-order valence-corrected chi connectivity index (χ3v) is 4.88. The molecule has 1 aromatic carbocycles. The predicted octanol–water partition coefficient (Wildman–Crippen LogP) is 4.00. The number of hydrogen-bond acceptors (Lipinski definition) is 2. The molecule has 1 atom stereocenters. The van der Waals surface area contributed by atoms with Gasteiger partial charge in [-0.1, -0.05) is 19.9 Å². The summed E-state index contributed by atoms with van der Waals surface area (Å²) in [7, 11) is 0. The van der Waals surface area contributed by atoms with Crippen molar-refractivity contribution < 1.29 is 9.18 Å². The summed E-state index contributed by atoms with van der Waals surface area (Å²) in [4.78, 5) is 15.0. The Morgan fingerprint density at radius 3 is 2.80 bits per heavy atom. The van der Waals surface area contributed by atoms with E-state index in [0.29, 0.717) is 24.7 Å². The summed E-state index contributed by atoms with van der Waals surface area (Å²) in [5.74, 6) is 0.219. The summed E-state index contributed by atoms with van der Waals surface area (Å²) >= 11 is 0. The van der Waals surface area contributed by atoms with Gasteiger partial charge < -0.3 is 4.90 Å². The monoisotopic (exact) mass is 343 g/mol. The van der Waals surface area contributed by atoms with Crippen molar-refractivity contribution in [2.45, 2.75) is 53.1 Å². The van der Waals surface area contributed by atoms with Gasteiger partial charge in [0, 0.05) is 13.1 Å². The van der Waals surface area contributed by atoms with Gasteiger partial charge in [-0.3, -0.25) is 9.48 Å². The molecular formula is C20H26FN3O. The number of halogens is 1. The minimum absolute atomic E-state index is 0.0215. The van der Waals surface area contributed by atoms with Crippen molar-refractivity contribution in [1.29, 1.82) is 0 Å². The first-order chi connectivity index (χ1) is 11.9. The van der Waals surface area contributed by atoms with Crippen molar-refractivity contribution >= 4 is 5.91 Å². The molecule has 2 aromatic rings. The van der Waals surface area contributed by atoms with E-state index in [-0.39, 0.29) is 17.8 Å². The van der Waals surface area contributed by atoms with Crippen molar-refractivity contribution in [3.8, 4) is 0 Å². The van der Waals surface area contributed by atoms with Crippen molar-refractivity contribution in [3.05, 3.63) is 52.6 Å². The number of aromatic nitrogens is 2. The summed E-state index contributed by atoms with van der Waals surface area (Å²) in [6, 6.07) is 6.66. The third-order valence-electron chi connectivity index (χ3n) is 4.88. The number of carbonyl (C=O) groups is 1. The van der Waals surface area contributed by atoms with Gasteiger partial charge in [0.25, 0.3) is 5.91 Å². The molecule has 0 saturated heterocycles. The maximum Gasteiger partial charge on any atom is 0.272 e. The molecule has 0 spiro atoms. The highest BCUT2D eigenvalue weighted by atomic mass is 19.1. The molecule has 5 heteroatoms. The van der Waals surface area contributed by atoms with E-state index in [0.717, 1.165) is 29.7 Å². The van der Waals surface area contributed by atoms with Gasteiger partial charge in [0.1, 0.15) is 11.5 Å². The van der Waals surface area contributed by atoms with E-state index >= 15 is 0 Å². The Morgan fingerprint density at radius 2 is 2.12 bits per heavy atom. The molecule has 0 saturated carbocycles. The molecule has 25 heavy (non-hydrogen) atoms. The van der Waals surface area contributed by atoms with Gasteiger partial charge in [-0.05, 0) is 61.9 Å². The highest BCUT2D eigenvalue weighted by molar-refractivity contribution is 5.93. The maximum atomic E-state index is 13.6. The zero-order valence-corrected chi connectivity index (χ0v) is 15.4. The SMILES string of the molecule is CCn1nc(CC(C)C)cc1C(=O)N1CCc2ccc(F)cc2[C@H]1C. The van der Waals surface area contributed by atoms with E-state index in [4.69, 9.17) is 0 Å². The van der Waals surface area contributed by atoms with Crippen LogP contribution in [0.1, 0.15) is 61.0 Å². The van der Waals surface area contributed by atoms with Gasteiger partial charge in [-0.2, -0.15) is 5.10 Å². The minimum atomic E-state index is -0.252. The molecule has 0 unspecified atom stereocenters. The van der Waals surface area contributed by atoms with Gasteiger partial charge in [0.2, 0.25) is 0 Å². The van der Waals surface area contributed by atoms with Crippen LogP contribution in [0.3, 0.4) is 0 Å². The molecule has 3 rings (SSSR count). The lowest BCUT2D eigenvalue weighted by Crippen LogP contribution is -2.39. The van der Waals surface area contributed by atoms with Crippen LogP contribution < -0.4 is 0 Å². The van der Waals surface area contributed by atoms with Crippen LogP contribution in [-0.4, -0.2) is 27.1 Å². The fourth-order valence-electron chi connectivity index (χ4n) is 3.61. The average Bonchev–Trinajstić information content (AvgIpc) is 2.97. The lowest BCUT2D eigenvalue weighted by atomic mass is 9.93. The zero-order chi connectivity index (χ0) is 18.1. The molecule has 0 radical (unpaired) electrons. The second-order valence-electron chi connectivity index (χ2n) is 7.20.